The van der Waals surface area contributed by atoms with Gasteiger partial charge in [0.25, 0.3) is 5.91 Å². The molecule has 0 aliphatic carbocycles. The van der Waals surface area contributed by atoms with Crippen LogP contribution in [0.5, 0.6) is 11.5 Å². The fraction of sp³-hybridized carbons (Fsp3) is 0.310. The number of carbonyl (C=O) groups is 2. The number of anilines is 1. The van der Waals surface area contributed by atoms with Crippen molar-refractivity contribution in [1.82, 2.24) is 10.6 Å². The largest absolute Gasteiger partial charge is 0.457 e. The van der Waals surface area contributed by atoms with Crippen LogP contribution in [-0.2, 0) is 23.9 Å². The highest BCUT2D eigenvalue weighted by molar-refractivity contribution is 5.94. The van der Waals surface area contributed by atoms with Gasteiger partial charge in [0.2, 0.25) is 0 Å². The highest BCUT2D eigenvalue weighted by Crippen LogP contribution is 2.34. The lowest BCUT2D eigenvalue weighted by molar-refractivity contribution is -0.137. The Bertz CT molecular complexity index is 1290. The third kappa shape index (κ3) is 7.97. The van der Waals surface area contributed by atoms with E-state index < -0.39 is 17.8 Å². The van der Waals surface area contributed by atoms with E-state index in [0.29, 0.717) is 40.5 Å². The van der Waals surface area contributed by atoms with Crippen molar-refractivity contribution in [2.24, 2.45) is 5.92 Å². The number of ether oxygens (including phenoxy) is 2. The second-order valence-electron chi connectivity index (χ2n) is 9.32. The molecule has 4 rings (SSSR count). The molecule has 1 heterocycles. The average Bonchev–Trinajstić information content (AvgIpc) is 2.93. The molecule has 0 unspecified atom stereocenters. The number of halogens is 3. The Hall–Kier alpha value is -4.05. The summed E-state index contributed by atoms with van der Waals surface area (Å²) >= 11 is 0. The van der Waals surface area contributed by atoms with E-state index in [1.807, 2.05) is 0 Å². The van der Waals surface area contributed by atoms with E-state index in [1.54, 1.807) is 55.6 Å². The van der Waals surface area contributed by atoms with Crippen LogP contribution in [0.25, 0.3) is 0 Å². The van der Waals surface area contributed by atoms with Crippen molar-refractivity contribution in [3.63, 3.8) is 0 Å². The molecule has 206 valence electrons. The summed E-state index contributed by atoms with van der Waals surface area (Å²) in [6, 6.07) is 17.0. The fourth-order valence-electron chi connectivity index (χ4n) is 4.37. The number of nitrogens with one attached hydrogen (secondary N) is 3. The first-order chi connectivity index (χ1) is 18.7. The molecule has 3 aromatic carbocycles. The van der Waals surface area contributed by atoms with E-state index in [0.717, 1.165) is 38.1 Å². The van der Waals surface area contributed by atoms with E-state index in [2.05, 4.69) is 16.0 Å². The molecule has 0 saturated carbocycles. The number of benzene rings is 3. The van der Waals surface area contributed by atoms with E-state index in [1.165, 1.54) is 6.07 Å². The first-order valence-electron chi connectivity index (χ1n) is 12.6. The van der Waals surface area contributed by atoms with Crippen LogP contribution in [0.3, 0.4) is 0 Å². The van der Waals surface area contributed by atoms with Crippen LogP contribution in [-0.4, -0.2) is 32.1 Å². The van der Waals surface area contributed by atoms with Gasteiger partial charge in [-0.05, 0) is 91.9 Å². The molecule has 10 heteroatoms. The lowest BCUT2D eigenvalue weighted by Crippen LogP contribution is -2.29. The van der Waals surface area contributed by atoms with Crippen molar-refractivity contribution in [2.45, 2.75) is 32.0 Å². The van der Waals surface area contributed by atoms with Gasteiger partial charge in [0.15, 0.2) is 0 Å². The minimum absolute atomic E-state index is 0.0825. The third-order valence-corrected chi connectivity index (χ3v) is 6.49. The molecule has 0 spiro atoms. The number of rotatable bonds is 8. The fourth-order valence-corrected chi connectivity index (χ4v) is 4.37. The van der Waals surface area contributed by atoms with Gasteiger partial charge in [0, 0.05) is 18.3 Å². The molecule has 0 bridgehead atoms. The second kappa shape index (κ2) is 12.7. The van der Waals surface area contributed by atoms with Crippen molar-refractivity contribution in [3.8, 4) is 11.5 Å². The zero-order chi connectivity index (χ0) is 27.8. The predicted molar refractivity (Wildman–Crippen MR) is 141 cm³/mol. The quantitative estimate of drug-likeness (QED) is 0.319. The Morgan fingerprint density at radius 2 is 1.72 bits per heavy atom. The standard InChI is InChI=1S/C29H30F3N3O4/c1-33-27(36)22-3-2-4-25(16-22)39-24-9-5-20(6-10-24)18-38-28(37)35-26-17-23(29(30,31)32)8-7-21(26)15-19-11-13-34-14-12-19/h2-10,16-17,19,34H,11-15,18H2,1H3,(H,33,36)(H,35,37). The first kappa shape index (κ1) is 28.0. The van der Waals surface area contributed by atoms with Crippen molar-refractivity contribution in [2.75, 3.05) is 25.5 Å². The van der Waals surface area contributed by atoms with Crippen LogP contribution < -0.4 is 20.7 Å². The van der Waals surface area contributed by atoms with Crippen LogP contribution >= 0.6 is 0 Å². The molecule has 1 saturated heterocycles. The number of hydrogen-bond acceptors (Lipinski definition) is 5. The summed E-state index contributed by atoms with van der Waals surface area (Å²) in [5, 5.41) is 8.34. The smallest absolute Gasteiger partial charge is 0.416 e. The number of amides is 2. The second-order valence-corrected chi connectivity index (χ2v) is 9.32. The van der Waals surface area contributed by atoms with Crippen LogP contribution in [0.2, 0.25) is 0 Å². The first-order valence-corrected chi connectivity index (χ1v) is 12.6. The average molecular weight is 542 g/mol. The summed E-state index contributed by atoms with van der Waals surface area (Å²) in [4.78, 5) is 24.3. The highest BCUT2D eigenvalue weighted by atomic mass is 19.4. The van der Waals surface area contributed by atoms with Gasteiger partial charge in [-0.2, -0.15) is 13.2 Å². The molecule has 1 fully saturated rings. The van der Waals surface area contributed by atoms with Crippen LogP contribution in [0.1, 0.15) is 39.9 Å². The number of piperidine rings is 1. The zero-order valence-corrected chi connectivity index (χ0v) is 21.4. The third-order valence-electron chi connectivity index (χ3n) is 6.49. The summed E-state index contributed by atoms with van der Waals surface area (Å²) < 4.78 is 51.1. The van der Waals surface area contributed by atoms with Crippen molar-refractivity contribution in [3.05, 3.63) is 89.0 Å². The van der Waals surface area contributed by atoms with Gasteiger partial charge in [-0.15, -0.1) is 0 Å². The van der Waals surface area contributed by atoms with Gasteiger partial charge in [-0.3, -0.25) is 10.1 Å². The SMILES string of the molecule is CNC(=O)c1cccc(Oc2ccc(COC(=O)Nc3cc(C(F)(F)F)ccc3CC3CCNCC3)cc2)c1. The van der Waals surface area contributed by atoms with E-state index in [4.69, 9.17) is 9.47 Å². The van der Waals surface area contributed by atoms with Gasteiger partial charge in [-0.25, -0.2) is 4.79 Å². The molecule has 1 aliphatic rings. The molecule has 7 nitrogen and oxygen atoms in total. The summed E-state index contributed by atoms with van der Waals surface area (Å²) in [5.74, 6) is 1.10. The Morgan fingerprint density at radius 3 is 2.41 bits per heavy atom. The summed E-state index contributed by atoms with van der Waals surface area (Å²) in [6.07, 6.45) is -2.95. The molecular formula is C29H30F3N3O4. The molecule has 3 aromatic rings. The monoisotopic (exact) mass is 541 g/mol. The summed E-state index contributed by atoms with van der Waals surface area (Å²) in [7, 11) is 1.55. The minimum Gasteiger partial charge on any atom is -0.457 e. The van der Waals surface area contributed by atoms with E-state index in [-0.39, 0.29) is 18.2 Å². The van der Waals surface area contributed by atoms with Crippen molar-refractivity contribution < 1.29 is 32.2 Å². The predicted octanol–water partition coefficient (Wildman–Crippen LogP) is 6.15. The zero-order valence-electron chi connectivity index (χ0n) is 21.4. The number of hydrogen-bond donors (Lipinski definition) is 3. The maximum absolute atomic E-state index is 13.3. The Kier molecular flexibility index (Phi) is 9.08. The maximum Gasteiger partial charge on any atom is 0.416 e. The van der Waals surface area contributed by atoms with E-state index in [9.17, 15) is 22.8 Å². The molecule has 0 aromatic heterocycles. The maximum atomic E-state index is 13.3. The molecule has 0 atom stereocenters. The minimum atomic E-state index is -4.53. The van der Waals surface area contributed by atoms with Gasteiger partial charge >= 0.3 is 12.3 Å². The molecule has 1 aliphatic heterocycles. The number of carbonyl (C=O) groups excluding carboxylic acids is 2. The van der Waals surface area contributed by atoms with E-state index >= 15 is 0 Å². The molecule has 2 amide bonds. The lowest BCUT2D eigenvalue weighted by Gasteiger charge is -2.24. The Labute approximate surface area is 224 Å². The highest BCUT2D eigenvalue weighted by Gasteiger charge is 2.31. The van der Waals surface area contributed by atoms with Gasteiger partial charge in [-0.1, -0.05) is 24.3 Å². The van der Waals surface area contributed by atoms with Gasteiger partial charge in [0.05, 0.1) is 5.56 Å². The topological polar surface area (TPSA) is 88.7 Å². The normalized spacial score (nSPS) is 13.9. The van der Waals surface area contributed by atoms with Gasteiger partial charge in [0.1, 0.15) is 18.1 Å². The Balaban J connectivity index is 1.36. The lowest BCUT2D eigenvalue weighted by atomic mass is 9.90. The van der Waals surface area contributed by atoms with Crippen LogP contribution in [0, 0.1) is 5.92 Å². The Morgan fingerprint density at radius 1 is 0.974 bits per heavy atom. The molecule has 39 heavy (non-hydrogen) atoms. The van der Waals surface area contributed by atoms with Crippen LogP contribution in [0.4, 0.5) is 23.7 Å². The number of alkyl halides is 3. The summed E-state index contributed by atoms with van der Waals surface area (Å²) in [5.41, 5.74) is 1.05. The van der Waals surface area contributed by atoms with Crippen molar-refractivity contribution >= 4 is 17.7 Å². The van der Waals surface area contributed by atoms with Gasteiger partial charge < -0.3 is 20.1 Å². The summed E-state index contributed by atoms with van der Waals surface area (Å²) in [6.45, 7) is 1.64. The molecule has 0 radical (unpaired) electrons. The molecular weight excluding hydrogens is 511 g/mol. The molecule has 3 N–H and O–H groups in total. The van der Waals surface area contributed by atoms with Crippen molar-refractivity contribution in [1.29, 1.82) is 0 Å². The van der Waals surface area contributed by atoms with Crippen LogP contribution in [0.15, 0.2) is 66.7 Å².